The molecule has 1 amide bonds. The maximum Gasteiger partial charge on any atom is 0.248 e. The van der Waals surface area contributed by atoms with E-state index in [1.165, 1.54) is 23.5 Å². The summed E-state index contributed by atoms with van der Waals surface area (Å²) in [6, 6.07) is 10.6. The molecule has 3 aromatic rings. The Bertz CT molecular complexity index is 840. The number of para-hydroxylation sites is 1. The molecule has 0 bridgehead atoms. The fraction of sp³-hybridized carbons (Fsp3) is 0. The molecule has 0 spiro atoms. The van der Waals surface area contributed by atoms with Crippen LogP contribution in [0.1, 0.15) is 5.01 Å². The summed E-state index contributed by atoms with van der Waals surface area (Å²) in [5, 5.41) is 3.03. The number of hydrogen-bond donors (Lipinski definition) is 1. The minimum absolute atomic E-state index is 0.0691. The van der Waals surface area contributed by atoms with E-state index in [-0.39, 0.29) is 5.69 Å². The molecule has 0 saturated heterocycles. The standard InChI is InChI=1S/C16H10F2N2OS/c17-10-5-6-12(11(18)9-10)19-15(21)7-8-16-20-13-3-1-2-4-14(13)22-16/h1-9H,(H,19,21). The quantitative estimate of drug-likeness (QED) is 0.735. The molecule has 0 unspecified atom stereocenters. The van der Waals surface area contributed by atoms with Crippen molar-refractivity contribution in [1.29, 1.82) is 0 Å². The molecular formula is C16H10F2N2OS. The van der Waals surface area contributed by atoms with Crippen LogP contribution < -0.4 is 5.32 Å². The van der Waals surface area contributed by atoms with Gasteiger partial charge in [0.2, 0.25) is 5.91 Å². The molecule has 0 saturated carbocycles. The third-order valence-electron chi connectivity index (χ3n) is 2.88. The van der Waals surface area contributed by atoms with E-state index in [0.29, 0.717) is 11.1 Å². The van der Waals surface area contributed by atoms with Gasteiger partial charge in [-0.2, -0.15) is 0 Å². The number of nitrogens with one attached hydrogen (secondary N) is 1. The van der Waals surface area contributed by atoms with Crippen LogP contribution in [-0.4, -0.2) is 10.9 Å². The van der Waals surface area contributed by atoms with Crippen LogP contribution in [0.5, 0.6) is 0 Å². The van der Waals surface area contributed by atoms with Crippen molar-refractivity contribution >= 4 is 39.2 Å². The summed E-state index contributed by atoms with van der Waals surface area (Å²) in [6.07, 6.45) is 2.82. The van der Waals surface area contributed by atoms with Gasteiger partial charge in [-0.15, -0.1) is 11.3 Å². The number of anilines is 1. The lowest BCUT2D eigenvalue weighted by atomic mass is 10.3. The molecule has 6 heteroatoms. The first-order valence-corrected chi connectivity index (χ1v) is 7.23. The number of carbonyl (C=O) groups is 1. The molecule has 3 nitrogen and oxygen atoms in total. The van der Waals surface area contributed by atoms with Gasteiger partial charge in [0.1, 0.15) is 16.6 Å². The highest BCUT2D eigenvalue weighted by atomic mass is 32.1. The predicted octanol–water partition coefficient (Wildman–Crippen LogP) is 4.23. The molecule has 1 aromatic heterocycles. The summed E-state index contributed by atoms with van der Waals surface area (Å²) in [6.45, 7) is 0. The molecule has 22 heavy (non-hydrogen) atoms. The van der Waals surface area contributed by atoms with E-state index in [9.17, 15) is 13.6 Å². The second-order valence-electron chi connectivity index (χ2n) is 4.47. The van der Waals surface area contributed by atoms with Crippen LogP contribution in [0.4, 0.5) is 14.5 Å². The Hall–Kier alpha value is -2.60. The van der Waals surface area contributed by atoms with Crippen LogP contribution in [-0.2, 0) is 4.79 Å². The zero-order valence-electron chi connectivity index (χ0n) is 11.2. The van der Waals surface area contributed by atoms with Crippen LogP contribution in [0.3, 0.4) is 0 Å². The van der Waals surface area contributed by atoms with Gasteiger partial charge in [0.15, 0.2) is 0 Å². The monoisotopic (exact) mass is 316 g/mol. The lowest BCUT2D eigenvalue weighted by Crippen LogP contribution is -2.09. The first kappa shape index (κ1) is 14.3. The largest absolute Gasteiger partial charge is 0.320 e. The Balaban J connectivity index is 1.73. The minimum Gasteiger partial charge on any atom is -0.320 e. The molecule has 110 valence electrons. The van der Waals surface area contributed by atoms with Crippen molar-refractivity contribution in [1.82, 2.24) is 4.98 Å². The van der Waals surface area contributed by atoms with E-state index in [1.807, 2.05) is 24.3 Å². The summed E-state index contributed by atoms with van der Waals surface area (Å²) in [4.78, 5) is 16.1. The summed E-state index contributed by atoms with van der Waals surface area (Å²) >= 11 is 1.45. The zero-order valence-corrected chi connectivity index (χ0v) is 12.0. The van der Waals surface area contributed by atoms with Gasteiger partial charge in [0.05, 0.1) is 15.9 Å². The van der Waals surface area contributed by atoms with Gasteiger partial charge < -0.3 is 5.32 Å². The van der Waals surface area contributed by atoms with E-state index in [0.717, 1.165) is 16.3 Å². The molecule has 0 aliphatic heterocycles. The van der Waals surface area contributed by atoms with Crippen molar-refractivity contribution in [3.63, 3.8) is 0 Å². The Morgan fingerprint density at radius 2 is 2.00 bits per heavy atom. The topological polar surface area (TPSA) is 42.0 Å². The molecule has 0 atom stereocenters. The van der Waals surface area contributed by atoms with Gasteiger partial charge in [0, 0.05) is 12.1 Å². The van der Waals surface area contributed by atoms with Gasteiger partial charge in [-0.1, -0.05) is 12.1 Å². The lowest BCUT2D eigenvalue weighted by molar-refractivity contribution is -0.111. The number of nitrogens with zero attached hydrogens (tertiary/aromatic N) is 1. The molecule has 0 aliphatic rings. The maximum absolute atomic E-state index is 13.4. The van der Waals surface area contributed by atoms with Gasteiger partial charge in [0.25, 0.3) is 0 Å². The first-order valence-electron chi connectivity index (χ1n) is 6.41. The minimum atomic E-state index is -0.818. The number of benzene rings is 2. The Morgan fingerprint density at radius 1 is 1.18 bits per heavy atom. The van der Waals surface area contributed by atoms with E-state index >= 15 is 0 Å². The van der Waals surface area contributed by atoms with Crippen LogP contribution in [0.25, 0.3) is 16.3 Å². The van der Waals surface area contributed by atoms with Crippen molar-refractivity contribution in [3.8, 4) is 0 Å². The predicted molar refractivity (Wildman–Crippen MR) is 83.6 cm³/mol. The molecule has 2 aromatic carbocycles. The number of carbonyl (C=O) groups excluding carboxylic acids is 1. The number of fused-ring (bicyclic) bond motifs is 1. The van der Waals surface area contributed by atoms with E-state index < -0.39 is 17.5 Å². The molecule has 0 aliphatic carbocycles. The van der Waals surface area contributed by atoms with Gasteiger partial charge in [-0.25, -0.2) is 13.8 Å². The number of thiazole rings is 1. The maximum atomic E-state index is 13.4. The summed E-state index contributed by atoms with van der Waals surface area (Å²) in [5.41, 5.74) is 0.789. The highest BCUT2D eigenvalue weighted by Crippen LogP contribution is 2.22. The van der Waals surface area contributed by atoms with Crippen LogP contribution >= 0.6 is 11.3 Å². The Kier molecular flexibility index (Phi) is 3.93. The average molecular weight is 316 g/mol. The van der Waals surface area contributed by atoms with Crippen molar-refractivity contribution in [2.75, 3.05) is 5.32 Å². The van der Waals surface area contributed by atoms with Crippen molar-refractivity contribution in [2.24, 2.45) is 0 Å². The van der Waals surface area contributed by atoms with E-state index in [2.05, 4.69) is 10.3 Å². The van der Waals surface area contributed by atoms with Crippen molar-refractivity contribution in [2.45, 2.75) is 0 Å². The second kappa shape index (κ2) is 6.03. The Labute approximate surface area is 128 Å². The van der Waals surface area contributed by atoms with Crippen molar-refractivity contribution < 1.29 is 13.6 Å². The SMILES string of the molecule is O=C(C=Cc1nc2ccccc2s1)Nc1ccc(F)cc1F. The summed E-state index contributed by atoms with van der Waals surface area (Å²) in [7, 11) is 0. The highest BCUT2D eigenvalue weighted by Gasteiger charge is 2.06. The zero-order chi connectivity index (χ0) is 15.5. The fourth-order valence-electron chi connectivity index (χ4n) is 1.87. The smallest absolute Gasteiger partial charge is 0.248 e. The van der Waals surface area contributed by atoms with Gasteiger partial charge in [-0.3, -0.25) is 4.79 Å². The normalized spacial score (nSPS) is 11.2. The molecule has 1 N–H and O–H groups in total. The second-order valence-corrected chi connectivity index (χ2v) is 5.53. The third kappa shape index (κ3) is 3.17. The lowest BCUT2D eigenvalue weighted by Gasteiger charge is -2.03. The van der Waals surface area contributed by atoms with Gasteiger partial charge in [-0.05, 0) is 30.3 Å². The van der Waals surface area contributed by atoms with E-state index in [4.69, 9.17) is 0 Å². The van der Waals surface area contributed by atoms with Crippen LogP contribution in [0, 0.1) is 11.6 Å². The van der Waals surface area contributed by atoms with E-state index in [1.54, 1.807) is 6.08 Å². The fourth-order valence-corrected chi connectivity index (χ4v) is 2.74. The number of aromatic nitrogens is 1. The number of hydrogen-bond acceptors (Lipinski definition) is 3. The van der Waals surface area contributed by atoms with Crippen molar-refractivity contribution in [3.05, 3.63) is 65.2 Å². The Morgan fingerprint density at radius 3 is 2.77 bits per heavy atom. The number of amides is 1. The molecule has 0 radical (unpaired) electrons. The molecule has 1 heterocycles. The summed E-state index contributed by atoms with van der Waals surface area (Å²) in [5.74, 6) is -2.02. The third-order valence-corrected chi connectivity index (χ3v) is 3.88. The number of rotatable bonds is 3. The van der Waals surface area contributed by atoms with Crippen LogP contribution in [0.2, 0.25) is 0 Å². The van der Waals surface area contributed by atoms with Crippen LogP contribution in [0.15, 0.2) is 48.5 Å². The number of halogens is 2. The van der Waals surface area contributed by atoms with Gasteiger partial charge >= 0.3 is 0 Å². The average Bonchev–Trinajstić information content (AvgIpc) is 2.91. The highest BCUT2D eigenvalue weighted by molar-refractivity contribution is 7.19. The molecule has 3 rings (SSSR count). The molecule has 0 fully saturated rings. The molecular weight excluding hydrogens is 306 g/mol. The summed E-state index contributed by atoms with van der Waals surface area (Å²) < 4.78 is 27.2. The first-order chi connectivity index (χ1) is 10.6.